The van der Waals surface area contributed by atoms with Crippen LogP contribution < -0.4 is 0 Å². The van der Waals surface area contributed by atoms with Gasteiger partial charge >= 0.3 is 39.5 Å². The average molecular weight is 1440 g/mol. The van der Waals surface area contributed by atoms with Gasteiger partial charge in [0.2, 0.25) is 0 Å². The van der Waals surface area contributed by atoms with E-state index in [9.17, 15) is 43.2 Å². The smallest absolute Gasteiger partial charge is 0.462 e. The number of aliphatic hydroxyl groups excluding tert-OH is 1. The molecule has 0 rings (SSSR count). The minimum absolute atomic E-state index is 0.106. The molecule has 0 radical (unpaired) electrons. The standard InChI is InChI=1S/C79H154O17P2/c1-6-9-12-15-18-21-24-27-29-30-31-32-33-34-36-39-44-49-54-59-64-78(83)95-74(68-90-77(82)63-58-53-48-43-38-35-28-25-22-19-16-13-10-7-2)70-93-97(85,86)91-66-73(80)67-92-98(87,88)94-71-75(96-79(84)65-60-55-50-45-40-41-46-51-56-61-72(4)5)69-89-76(81)62-57-52-47-42-37-26-23-20-17-14-11-8-3/h72-75,80H,6-71H2,1-5H3,(H,85,86)(H,87,88)/t73-,74-,75-/m1/s1. The number of phosphoric acid groups is 2. The van der Waals surface area contributed by atoms with E-state index >= 15 is 0 Å². The lowest BCUT2D eigenvalue weighted by molar-refractivity contribution is -0.161. The number of hydrogen-bond donors (Lipinski definition) is 3. The molecule has 0 aliphatic heterocycles. The molecule has 2 unspecified atom stereocenters. The van der Waals surface area contributed by atoms with Crippen LogP contribution in [0.1, 0.15) is 420 Å². The predicted molar refractivity (Wildman–Crippen MR) is 400 cm³/mol. The maximum absolute atomic E-state index is 13.1. The third kappa shape index (κ3) is 72.4. The summed E-state index contributed by atoms with van der Waals surface area (Å²) in [7, 11) is -9.91. The summed E-state index contributed by atoms with van der Waals surface area (Å²) in [6.07, 6.45) is 62.4. The fourth-order valence-corrected chi connectivity index (χ4v) is 13.8. The van der Waals surface area contributed by atoms with E-state index in [4.69, 9.17) is 37.0 Å². The summed E-state index contributed by atoms with van der Waals surface area (Å²) in [4.78, 5) is 72.9. The number of ether oxygens (including phenoxy) is 4. The first-order chi connectivity index (χ1) is 47.5. The lowest BCUT2D eigenvalue weighted by Gasteiger charge is -2.21. The third-order valence-electron chi connectivity index (χ3n) is 18.5. The Morgan fingerprint density at radius 3 is 0.694 bits per heavy atom. The molecular formula is C79H154O17P2. The van der Waals surface area contributed by atoms with Gasteiger partial charge < -0.3 is 33.8 Å². The zero-order valence-electron chi connectivity index (χ0n) is 63.9. The first-order valence-corrected chi connectivity index (χ1v) is 44.1. The molecule has 0 saturated heterocycles. The van der Waals surface area contributed by atoms with Crippen molar-refractivity contribution in [3.05, 3.63) is 0 Å². The van der Waals surface area contributed by atoms with Crippen LogP contribution in [-0.4, -0.2) is 96.7 Å². The molecule has 98 heavy (non-hydrogen) atoms. The zero-order chi connectivity index (χ0) is 71.9. The van der Waals surface area contributed by atoms with Gasteiger partial charge in [0.15, 0.2) is 12.2 Å². The Morgan fingerprint density at radius 1 is 0.276 bits per heavy atom. The zero-order valence-corrected chi connectivity index (χ0v) is 65.7. The van der Waals surface area contributed by atoms with Gasteiger partial charge in [-0.25, -0.2) is 9.13 Å². The Hall–Kier alpha value is -1.94. The molecule has 582 valence electrons. The molecule has 0 aromatic rings. The van der Waals surface area contributed by atoms with Crippen LogP contribution in [-0.2, 0) is 65.4 Å². The highest BCUT2D eigenvalue weighted by Gasteiger charge is 2.30. The molecule has 0 spiro atoms. The number of rotatable bonds is 79. The van der Waals surface area contributed by atoms with Crippen molar-refractivity contribution in [2.75, 3.05) is 39.6 Å². The predicted octanol–water partition coefficient (Wildman–Crippen LogP) is 23.6. The normalized spacial score (nSPS) is 13.9. The van der Waals surface area contributed by atoms with E-state index in [2.05, 4.69) is 34.6 Å². The van der Waals surface area contributed by atoms with Gasteiger partial charge in [-0.15, -0.1) is 0 Å². The molecule has 0 fully saturated rings. The number of esters is 4. The molecule has 5 atom stereocenters. The van der Waals surface area contributed by atoms with Crippen molar-refractivity contribution in [3.8, 4) is 0 Å². The second kappa shape index (κ2) is 72.0. The Labute approximate surface area is 600 Å². The van der Waals surface area contributed by atoms with E-state index in [1.54, 1.807) is 0 Å². The highest BCUT2D eigenvalue weighted by atomic mass is 31.2. The number of carbonyl (C=O) groups is 4. The van der Waals surface area contributed by atoms with Crippen molar-refractivity contribution in [3.63, 3.8) is 0 Å². The van der Waals surface area contributed by atoms with Crippen LogP contribution in [0.25, 0.3) is 0 Å². The molecule has 0 aromatic carbocycles. The summed E-state index contributed by atoms with van der Waals surface area (Å²) in [5, 5.41) is 10.6. The van der Waals surface area contributed by atoms with E-state index in [1.165, 1.54) is 244 Å². The van der Waals surface area contributed by atoms with Gasteiger partial charge in [0.1, 0.15) is 19.3 Å². The monoisotopic (exact) mass is 1440 g/mol. The lowest BCUT2D eigenvalue weighted by atomic mass is 10.0. The van der Waals surface area contributed by atoms with Crippen molar-refractivity contribution in [1.29, 1.82) is 0 Å². The maximum atomic E-state index is 13.1. The summed E-state index contributed by atoms with van der Waals surface area (Å²) in [5.74, 6) is -1.37. The van der Waals surface area contributed by atoms with Crippen molar-refractivity contribution in [1.82, 2.24) is 0 Å². The van der Waals surface area contributed by atoms with Gasteiger partial charge in [-0.05, 0) is 31.6 Å². The van der Waals surface area contributed by atoms with E-state index in [1.807, 2.05) is 0 Å². The molecule has 0 heterocycles. The SMILES string of the molecule is CCCCCCCCCCCCCCCCCCCCCCC(=O)O[C@H](COC(=O)CCCCCCCCCCCCCCCC)COP(=O)(O)OC[C@@H](O)COP(=O)(O)OC[C@@H](COC(=O)CCCCCCCCCCCCCC)OC(=O)CCCCCCCCCCCC(C)C. The molecule has 19 heteroatoms. The lowest BCUT2D eigenvalue weighted by Crippen LogP contribution is -2.30. The van der Waals surface area contributed by atoms with Crippen molar-refractivity contribution >= 4 is 39.5 Å². The summed E-state index contributed by atoms with van der Waals surface area (Å²) in [5.41, 5.74) is 0. The Balaban J connectivity index is 5.23. The van der Waals surface area contributed by atoms with Crippen LogP contribution in [0.3, 0.4) is 0 Å². The molecule has 17 nitrogen and oxygen atoms in total. The number of unbranched alkanes of at least 4 members (excludes halogenated alkanes) is 51. The largest absolute Gasteiger partial charge is 0.472 e. The van der Waals surface area contributed by atoms with Crippen molar-refractivity contribution in [2.45, 2.75) is 438 Å². The van der Waals surface area contributed by atoms with Gasteiger partial charge in [0.25, 0.3) is 0 Å². The minimum Gasteiger partial charge on any atom is -0.462 e. The molecule has 0 aliphatic rings. The number of carbonyl (C=O) groups excluding carboxylic acids is 4. The van der Waals surface area contributed by atoms with Crippen molar-refractivity contribution < 1.29 is 80.2 Å². The molecular weight excluding hydrogens is 1280 g/mol. The second-order valence-electron chi connectivity index (χ2n) is 28.9. The summed E-state index contributed by atoms with van der Waals surface area (Å²) in [6.45, 7) is 7.29. The van der Waals surface area contributed by atoms with Crippen LogP contribution in [0.2, 0.25) is 0 Å². The topological polar surface area (TPSA) is 237 Å². The van der Waals surface area contributed by atoms with Gasteiger partial charge in [-0.3, -0.25) is 37.3 Å². The first kappa shape index (κ1) is 96.1. The second-order valence-corrected chi connectivity index (χ2v) is 31.8. The number of hydrogen-bond acceptors (Lipinski definition) is 15. The van der Waals surface area contributed by atoms with Gasteiger partial charge in [-0.2, -0.15) is 0 Å². The third-order valence-corrected chi connectivity index (χ3v) is 20.4. The van der Waals surface area contributed by atoms with E-state index < -0.39 is 97.5 Å². The minimum atomic E-state index is -4.96. The number of aliphatic hydroxyl groups is 1. The first-order valence-electron chi connectivity index (χ1n) is 41.1. The average Bonchev–Trinajstić information content (AvgIpc) is 1.60. The Kier molecular flexibility index (Phi) is 70.6. The van der Waals surface area contributed by atoms with Crippen LogP contribution in [0.4, 0.5) is 0 Å². The molecule has 3 N–H and O–H groups in total. The van der Waals surface area contributed by atoms with E-state index in [-0.39, 0.29) is 25.7 Å². The van der Waals surface area contributed by atoms with E-state index in [0.717, 1.165) is 95.8 Å². The fourth-order valence-electron chi connectivity index (χ4n) is 12.2. The number of phosphoric ester groups is 2. The molecule has 0 saturated carbocycles. The Bertz CT molecular complexity index is 1870. The fraction of sp³-hybridized carbons (Fsp3) is 0.949. The van der Waals surface area contributed by atoms with Gasteiger partial charge in [-0.1, -0.05) is 369 Å². The van der Waals surface area contributed by atoms with Crippen LogP contribution in [0, 0.1) is 5.92 Å². The Morgan fingerprint density at radius 2 is 0.469 bits per heavy atom. The quantitative estimate of drug-likeness (QED) is 0.0222. The van der Waals surface area contributed by atoms with E-state index in [0.29, 0.717) is 25.7 Å². The summed E-state index contributed by atoms with van der Waals surface area (Å²) >= 11 is 0. The van der Waals surface area contributed by atoms with Crippen LogP contribution >= 0.6 is 15.6 Å². The van der Waals surface area contributed by atoms with Crippen molar-refractivity contribution in [2.24, 2.45) is 5.92 Å². The summed E-state index contributed by atoms with van der Waals surface area (Å²) < 4.78 is 68.6. The summed E-state index contributed by atoms with van der Waals surface area (Å²) in [6, 6.07) is 0. The maximum Gasteiger partial charge on any atom is 0.472 e. The highest BCUT2D eigenvalue weighted by molar-refractivity contribution is 7.47. The molecule has 0 bridgehead atoms. The molecule has 0 amide bonds. The van der Waals surface area contributed by atoms with Crippen LogP contribution in [0.15, 0.2) is 0 Å². The van der Waals surface area contributed by atoms with Crippen LogP contribution in [0.5, 0.6) is 0 Å². The van der Waals surface area contributed by atoms with Gasteiger partial charge in [0, 0.05) is 25.7 Å². The molecule has 0 aliphatic carbocycles. The van der Waals surface area contributed by atoms with Gasteiger partial charge in [0.05, 0.1) is 26.4 Å². The highest BCUT2D eigenvalue weighted by Crippen LogP contribution is 2.45. The molecule has 0 aromatic heterocycles.